The monoisotopic (exact) mass is 260 g/mol. The van der Waals surface area contributed by atoms with Gasteiger partial charge in [-0.15, -0.1) is 0 Å². The number of nitrogens with zero attached hydrogens (tertiary/aromatic N) is 2. The minimum atomic E-state index is -0.373. The Morgan fingerprint density at radius 1 is 1.26 bits per heavy atom. The number of hydrogen-bond donors (Lipinski definition) is 1. The Bertz CT molecular complexity index is 429. The molecule has 2 heterocycles. The molecule has 0 atom stereocenters. The van der Waals surface area contributed by atoms with Gasteiger partial charge in [-0.2, -0.15) is 0 Å². The Kier molecular flexibility index (Phi) is 3.25. The summed E-state index contributed by atoms with van der Waals surface area (Å²) in [4.78, 5) is 6.89. The standard InChI is InChI=1S/C16H24N2O/c1-12(2)15-6-5-14(11-17-15)18-9-7-16(19,8-10-18)13-3-4-13/h5-6,11-13,19H,3-4,7-10H2,1-2H3. The molecule has 19 heavy (non-hydrogen) atoms. The normalized spacial score (nSPS) is 22.8. The molecular weight excluding hydrogens is 236 g/mol. The first kappa shape index (κ1) is 12.9. The SMILES string of the molecule is CC(C)c1ccc(N2CCC(O)(C3CC3)CC2)cn1. The molecule has 104 valence electrons. The molecule has 1 aromatic rings. The van der Waals surface area contributed by atoms with Gasteiger partial charge in [-0.05, 0) is 49.7 Å². The molecule has 1 aliphatic carbocycles. The van der Waals surface area contributed by atoms with E-state index in [4.69, 9.17) is 0 Å². The van der Waals surface area contributed by atoms with Crippen molar-refractivity contribution in [1.29, 1.82) is 0 Å². The van der Waals surface area contributed by atoms with Gasteiger partial charge in [0.05, 0.1) is 17.5 Å². The molecule has 1 saturated heterocycles. The highest BCUT2D eigenvalue weighted by Gasteiger charge is 2.45. The molecule has 3 heteroatoms. The molecule has 0 aromatic carbocycles. The van der Waals surface area contributed by atoms with Crippen LogP contribution in [-0.4, -0.2) is 28.8 Å². The van der Waals surface area contributed by atoms with E-state index in [1.807, 2.05) is 6.20 Å². The fraction of sp³-hybridized carbons (Fsp3) is 0.688. The lowest BCUT2D eigenvalue weighted by atomic mass is 9.86. The van der Waals surface area contributed by atoms with Crippen LogP contribution < -0.4 is 4.90 Å². The second-order valence-electron chi connectivity index (χ2n) is 6.46. The van der Waals surface area contributed by atoms with Crippen LogP contribution in [0.2, 0.25) is 0 Å². The number of piperidine rings is 1. The lowest BCUT2D eigenvalue weighted by Crippen LogP contribution is -2.45. The quantitative estimate of drug-likeness (QED) is 0.907. The average molecular weight is 260 g/mol. The van der Waals surface area contributed by atoms with Gasteiger partial charge < -0.3 is 10.0 Å². The molecule has 1 saturated carbocycles. The van der Waals surface area contributed by atoms with Crippen molar-refractivity contribution in [3.8, 4) is 0 Å². The number of anilines is 1. The summed E-state index contributed by atoms with van der Waals surface area (Å²) in [6, 6.07) is 4.30. The third-order valence-corrected chi connectivity index (χ3v) is 4.69. The van der Waals surface area contributed by atoms with Crippen molar-refractivity contribution in [2.24, 2.45) is 5.92 Å². The maximum absolute atomic E-state index is 10.6. The fourth-order valence-corrected chi connectivity index (χ4v) is 3.11. The summed E-state index contributed by atoms with van der Waals surface area (Å²) in [5, 5.41) is 10.6. The van der Waals surface area contributed by atoms with Gasteiger partial charge in [0.2, 0.25) is 0 Å². The van der Waals surface area contributed by atoms with Gasteiger partial charge in [-0.3, -0.25) is 4.98 Å². The van der Waals surface area contributed by atoms with Crippen molar-refractivity contribution in [2.45, 2.75) is 51.0 Å². The molecule has 1 N–H and O–H groups in total. The molecule has 0 unspecified atom stereocenters. The molecule has 3 rings (SSSR count). The number of aromatic nitrogens is 1. The van der Waals surface area contributed by atoms with Crippen molar-refractivity contribution >= 4 is 5.69 Å². The van der Waals surface area contributed by atoms with Gasteiger partial charge in [-0.1, -0.05) is 13.8 Å². The van der Waals surface area contributed by atoms with Gasteiger partial charge in [0.1, 0.15) is 0 Å². The molecule has 3 nitrogen and oxygen atoms in total. The molecule has 2 fully saturated rings. The lowest BCUT2D eigenvalue weighted by molar-refractivity contribution is -0.00531. The predicted octanol–water partition coefficient (Wildman–Crippen LogP) is 2.95. The van der Waals surface area contributed by atoms with Gasteiger partial charge in [-0.25, -0.2) is 0 Å². The number of hydrogen-bond acceptors (Lipinski definition) is 3. The molecule has 2 aliphatic rings. The summed E-state index contributed by atoms with van der Waals surface area (Å²) in [6.45, 7) is 6.24. The van der Waals surface area contributed by atoms with E-state index in [9.17, 15) is 5.11 Å². The van der Waals surface area contributed by atoms with Crippen molar-refractivity contribution < 1.29 is 5.11 Å². The summed E-state index contributed by atoms with van der Waals surface area (Å²) in [5.41, 5.74) is 1.97. The maximum atomic E-state index is 10.6. The van der Waals surface area contributed by atoms with Crippen LogP contribution in [0.25, 0.3) is 0 Å². The number of rotatable bonds is 3. The van der Waals surface area contributed by atoms with E-state index >= 15 is 0 Å². The Morgan fingerprint density at radius 2 is 1.95 bits per heavy atom. The van der Waals surface area contributed by atoms with E-state index in [1.165, 1.54) is 18.5 Å². The van der Waals surface area contributed by atoms with Crippen LogP contribution in [0.3, 0.4) is 0 Å². The van der Waals surface area contributed by atoms with Crippen molar-refractivity contribution in [3.05, 3.63) is 24.0 Å². The summed E-state index contributed by atoms with van der Waals surface area (Å²) in [5.74, 6) is 1.06. The van der Waals surface area contributed by atoms with Crippen LogP contribution in [0.5, 0.6) is 0 Å². The Labute approximate surface area is 115 Å². The van der Waals surface area contributed by atoms with Crippen molar-refractivity contribution in [2.75, 3.05) is 18.0 Å². The van der Waals surface area contributed by atoms with E-state index in [-0.39, 0.29) is 5.60 Å². The summed E-state index contributed by atoms with van der Waals surface area (Å²) >= 11 is 0. The number of pyridine rings is 1. The Balaban J connectivity index is 1.64. The van der Waals surface area contributed by atoms with Crippen LogP contribution >= 0.6 is 0 Å². The third kappa shape index (κ3) is 2.62. The molecule has 0 radical (unpaired) electrons. The zero-order chi connectivity index (χ0) is 13.5. The highest BCUT2D eigenvalue weighted by molar-refractivity contribution is 5.45. The highest BCUT2D eigenvalue weighted by Crippen LogP contribution is 2.45. The van der Waals surface area contributed by atoms with E-state index in [0.717, 1.165) is 31.6 Å². The van der Waals surface area contributed by atoms with E-state index in [0.29, 0.717) is 11.8 Å². The smallest absolute Gasteiger partial charge is 0.0709 e. The largest absolute Gasteiger partial charge is 0.389 e. The zero-order valence-corrected chi connectivity index (χ0v) is 12.0. The minimum absolute atomic E-state index is 0.373. The van der Waals surface area contributed by atoms with Gasteiger partial charge >= 0.3 is 0 Å². The van der Waals surface area contributed by atoms with Crippen LogP contribution in [-0.2, 0) is 0 Å². The van der Waals surface area contributed by atoms with E-state index < -0.39 is 0 Å². The lowest BCUT2D eigenvalue weighted by Gasteiger charge is -2.39. The number of aliphatic hydroxyl groups is 1. The molecule has 0 spiro atoms. The first-order valence-electron chi connectivity index (χ1n) is 7.52. The molecule has 1 aliphatic heterocycles. The Hall–Kier alpha value is -1.09. The zero-order valence-electron chi connectivity index (χ0n) is 12.0. The second-order valence-corrected chi connectivity index (χ2v) is 6.46. The van der Waals surface area contributed by atoms with Gasteiger partial charge in [0.25, 0.3) is 0 Å². The first-order chi connectivity index (χ1) is 9.08. The molecule has 0 bridgehead atoms. The van der Waals surface area contributed by atoms with Crippen molar-refractivity contribution in [3.63, 3.8) is 0 Å². The molecule has 0 amide bonds. The Morgan fingerprint density at radius 3 is 2.42 bits per heavy atom. The summed E-state index contributed by atoms with van der Waals surface area (Å²) in [7, 11) is 0. The van der Waals surface area contributed by atoms with Crippen LogP contribution in [0, 0.1) is 5.92 Å². The summed E-state index contributed by atoms with van der Waals surface area (Å²) in [6.07, 6.45) is 6.24. The van der Waals surface area contributed by atoms with Gasteiger partial charge in [0.15, 0.2) is 0 Å². The van der Waals surface area contributed by atoms with Crippen LogP contribution in [0.4, 0.5) is 5.69 Å². The third-order valence-electron chi connectivity index (χ3n) is 4.69. The van der Waals surface area contributed by atoms with Crippen LogP contribution in [0.1, 0.15) is 51.1 Å². The predicted molar refractivity (Wildman–Crippen MR) is 77.4 cm³/mol. The second kappa shape index (κ2) is 4.78. The van der Waals surface area contributed by atoms with E-state index in [1.54, 1.807) is 0 Å². The summed E-state index contributed by atoms with van der Waals surface area (Å²) < 4.78 is 0. The van der Waals surface area contributed by atoms with Gasteiger partial charge in [0, 0.05) is 18.8 Å². The van der Waals surface area contributed by atoms with E-state index in [2.05, 4.69) is 35.9 Å². The van der Waals surface area contributed by atoms with Crippen LogP contribution in [0.15, 0.2) is 18.3 Å². The fourth-order valence-electron chi connectivity index (χ4n) is 3.11. The maximum Gasteiger partial charge on any atom is 0.0709 e. The van der Waals surface area contributed by atoms with Crippen molar-refractivity contribution in [1.82, 2.24) is 4.98 Å². The average Bonchev–Trinajstić information content (AvgIpc) is 3.24. The topological polar surface area (TPSA) is 36.4 Å². The molecular formula is C16H24N2O. The molecule has 1 aromatic heterocycles. The minimum Gasteiger partial charge on any atom is -0.389 e. The first-order valence-corrected chi connectivity index (χ1v) is 7.52. The highest BCUT2D eigenvalue weighted by atomic mass is 16.3.